The molecular weight excluding hydrogens is 497 g/mol. The Morgan fingerprint density at radius 1 is 1.16 bits per heavy atom. The van der Waals surface area contributed by atoms with Gasteiger partial charge in [0.2, 0.25) is 15.9 Å². The normalized spacial score (nSPS) is 20.0. The number of rotatable bonds is 6. The first kappa shape index (κ1) is 28.6. The Balaban J connectivity index is 2.03. The summed E-state index contributed by atoms with van der Waals surface area (Å²) in [4.78, 5) is 15.9. The summed E-state index contributed by atoms with van der Waals surface area (Å²) < 4.78 is 48.0. The number of amides is 1. The van der Waals surface area contributed by atoms with Gasteiger partial charge in [0.1, 0.15) is 22.6 Å². The smallest absolute Gasteiger partial charge is 0.247 e. The summed E-state index contributed by atoms with van der Waals surface area (Å²) in [5, 5.41) is 9.79. The molecule has 0 radical (unpaired) electrons. The lowest BCUT2D eigenvalue weighted by molar-refractivity contribution is -0.132. The van der Waals surface area contributed by atoms with Crippen LogP contribution in [0.15, 0.2) is 47.4 Å². The quantitative estimate of drug-likeness (QED) is 0.574. The first-order valence-corrected chi connectivity index (χ1v) is 13.5. The molecule has 0 bridgehead atoms. The first-order valence-electron chi connectivity index (χ1n) is 12.0. The van der Waals surface area contributed by atoms with Crippen molar-refractivity contribution in [3.05, 3.63) is 59.4 Å². The van der Waals surface area contributed by atoms with E-state index in [-0.39, 0.29) is 54.5 Å². The highest BCUT2D eigenvalue weighted by Gasteiger charge is 2.38. The lowest BCUT2D eigenvalue weighted by Gasteiger charge is -2.37. The Labute approximate surface area is 218 Å². The average Bonchev–Trinajstić information content (AvgIpc) is 2.84. The molecule has 37 heavy (non-hydrogen) atoms. The van der Waals surface area contributed by atoms with Gasteiger partial charge < -0.3 is 19.6 Å². The van der Waals surface area contributed by atoms with Gasteiger partial charge in [0.05, 0.1) is 19.7 Å². The molecule has 0 aliphatic carbocycles. The Morgan fingerprint density at radius 3 is 2.41 bits per heavy atom. The number of hydrogen-bond acceptors (Lipinski definition) is 6. The van der Waals surface area contributed by atoms with E-state index in [4.69, 9.17) is 4.74 Å². The zero-order valence-electron chi connectivity index (χ0n) is 21.8. The van der Waals surface area contributed by atoms with Crippen molar-refractivity contribution < 1.29 is 27.4 Å². The van der Waals surface area contributed by atoms with Crippen LogP contribution in [0.25, 0.3) is 0 Å². The van der Waals surface area contributed by atoms with Crippen molar-refractivity contribution in [3.8, 4) is 17.6 Å². The van der Waals surface area contributed by atoms with E-state index in [0.29, 0.717) is 11.1 Å². The third-order valence-electron chi connectivity index (χ3n) is 6.19. The van der Waals surface area contributed by atoms with Crippen LogP contribution in [0.3, 0.4) is 0 Å². The highest BCUT2D eigenvalue weighted by molar-refractivity contribution is 7.89. The zero-order valence-corrected chi connectivity index (χ0v) is 22.6. The van der Waals surface area contributed by atoms with E-state index in [0.717, 1.165) is 0 Å². The van der Waals surface area contributed by atoms with E-state index in [9.17, 15) is 22.7 Å². The molecular formula is C27H34FN3O5S. The van der Waals surface area contributed by atoms with E-state index >= 15 is 0 Å². The molecule has 0 saturated heterocycles. The van der Waals surface area contributed by atoms with Crippen molar-refractivity contribution in [2.24, 2.45) is 5.92 Å². The van der Waals surface area contributed by atoms with Crippen LogP contribution < -0.4 is 4.74 Å². The second kappa shape index (κ2) is 12.0. The van der Waals surface area contributed by atoms with Crippen LogP contribution in [-0.4, -0.2) is 93.1 Å². The molecule has 8 nitrogen and oxygen atoms in total. The van der Waals surface area contributed by atoms with Gasteiger partial charge in [0, 0.05) is 36.7 Å². The van der Waals surface area contributed by atoms with Crippen LogP contribution in [0.2, 0.25) is 0 Å². The minimum atomic E-state index is -3.99. The minimum Gasteiger partial charge on any atom is -0.487 e. The third-order valence-corrected chi connectivity index (χ3v) is 8.21. The second-order valence-electron chi connectivity index (χ2n) is 9.67. The lowest BCUT2D eigenvalue weighted by Crippen LogP contribution is -2.50. The van der Waals surface area contributed by atoms with Gasteiger partial charge in [-0.2, -0.15) is 4.31 Å². The standard InChI is InChI=1S/C27H34FN3O5S/c1-19-15-31(20(2)18-32)37(34,35)26-13-10-22(7-6-21-8-11-23(28)12-9-21)14-24(26)36-25(19)16-30(5)27(33)17-29(3)4/h8-14,19-20,25,32H,15-18H2,1-5H3/t19-,20-,25-/m1/s1. The van der Waals surface area contributed by atoms with Gasteiger partial charge >= 0.3 is 0 Å². The highest BCUT2D eigenvalue weighted by atomic mass is 32.2. The number of halogens is 1. The maximum absolute atomic E-state index is 13.6. The molecule has 0 saturated carbocycles. The van der Waals surface area contributed by atoms with Crippen molar-refractivity contribution in [1.29, 1.82) is 0 Å². The van der Waals surface area contributed by atoms with Crippen LogP contribution >= 0.6 is 0 Å². The fourth-order valence-corrected chi connectivity index (χ4v) is 5.79. The minimum absolute atomic E-state index is 0.0284. The van der Waals surface area contributed by atoms with Crippen molar-refractivity contribution in [1.82, 2.24) is 14.1 Å². The van der Waals surface area contributed by atoms with Crippen LogP contribution in [0.1, 0.15) is 25.0 Å². The average molecular weight is 532 g/mol. The summed E-state index contributed by atoms with van der Waals surface area (Å²) in [6.07, 6.45) is -0.515. The number of benzene rings is 2. The molecule has 0 unspecified atom stereocenters. The number of carbonyl (C=O) groups is 1. The molecule has 1 heterocycles. The van der Waals surface area contributed by atoms with E-state index in [2.05, 4.69) is 11.8 Å². The van der Waals surface area contributed by atoms with Gasteiger partial charge in [-0.05, 0) is 63.5 Å². The highest BCUT2D eigenvalue weighted by Crippen LogP contribution is 2.34. The monoisotopic (exact) mass is 531 g/mol. The van der Waals surface area contributed by atoms with Gasteiger partial charge in [-0.25, -0.2) is 12.8 Å². The Hall–Kier alpha value is -2.97. The van der Waals surface area contributed by atoms with Gasteiger partial charge in [0.25, 0.3) is 0 Å². The molecule has 1 aliphatic rings. The van der Waals surface area contributed by atoms with Crippen LogP contribution in [0, 0.1) is 23.6 Å². The number of nitrogens with zero attached hydrogens (tertiary/aromatic N) is 3. The number of carbonyl (C=O) groups excluding carboxylic acids is 1. The second-order valence-corrected chi connectivity index (χ2v) is 11.5. The van der Waals surface area contributed by atoms with E-state index in [1.807, 2.05) is 21.0 Å². The maximum Gasteiger partial charge on any atom is 0.247 e. The van der Waals surface area contributed by atoms with Crippen molar-refractivity contribution >= 4 is 15.9 Å². The molecule has 1 N–H and O–H groups in total. The van der Waals surface area contributed by atoms with Crippen LogP contribution in [0.4, 0.5) is 4.39 Å². The number of aliphatic hydroxyl groups is 1. The number of hydrogen-bond donors (Lipinski definition) is 1. The van der Waals surface area contributed by atoms with E-state index in [1.165, 1.54) is 22.5 Å². The van der Waals surface area contributed by atoms with Crippen molar-refractivity contribution in [2.45, 2.75) is 30.9 Å². The summed E-state index contributed by atoms with van der Waals surface area (Å²) in [5.41, 5.74) is 1.13. The number of aliphatic hydroxyl groups excluding tert-OH is 1. The number of sulfonamides is 1. The molecule has 2 aromatic carbocycles. The SMILES string of the molecule is C[C@@H]1CN([C@H](C)CO)S(=O)(=O)c2ccc(C#Cc3ccc(F)cc3)cc2O[C@@H]1CN(C)C(=O)CN(C)C. The molecule has 2 aromatic rings. The van der Waals surface area contributed by atoms with Gasteiger partial charge in [-0.3, -0.25) is 4.79 Å². The molecule has 1 amide bonds. The Morgan fingerprint density at radius 2 is 1.78 bits per heavy atom. The predicted molar refractivity (Wildman–Crippen MR) is 139 cm³/mol. The molecule has 1 aliphatic heterocycles. The molecule has 10 heteroatoms. The van der Waals surface area contributed by atoms with Crippen LogP contribution in [-0.2, 0) is 14.8 Å². The molecule has 3 atom stereocenters. The largest absolute Gasteiger partial charge is 0.487 e. The summed E-state index contributed by atoms with van der Waals surface area (Å²) in [6.45, 7) is 3.78. The summed E-state index contributed by atoms with van der Waals surface area (Å²) in [5.74, 6) is 5.31. The van der Waals surface area contributed by atoms with Gasteiger partial charge in [0.15, 0.2) is 0 Å². The van der Waals surface area contributed by atoms with E-state index in [1.54, 1.807) is 48.0 Å². The first-order chi connectivity index (χ1) is 17.4. The van der Waals surface area contributed by atoms with Gasteiger partial charge in [-0.1, -0.05) is 18.8 Å². The molecule has 200 valence electrons. The molecule has 0 aromatic heterocycles. The summed E-state index contributed by atoms with van der Waals surface area (Å²) in [6, 6.07) is 9.71. The fourth-order valence-electron chi connectivity index (χ4n) is 3.96. The number of likely N-dealkylation sites (N-methyl/N-ethyl adjacent to an activating group) is 2. The maximum atomic E-state index is 13.6. The zero-order chi connectivity index (χ0) is 27.3. The number of fused-ring (bicyclic) bond motifs is 1. The summed E-state index contributed by atoms with van der Waals surface area (Å²) in [7, 11) is 1.32. The predicted octanol–water partition coefficient (Wildman–Crippen LogP) is 2.01. The third kappa shape index (κ3) is 7.08. The summed E-state index contributed by atoms with van der Waals surface area (Å²) >= 11 is 0. The van der Waals surface area contributed by atoms with Crippen LogP contribution in [0.5, 0.6) is 5.75 Å². The molecule has 0 fully saturated rings. The van der Waals surface area contributed by atoms with Crippen molar-refractivity contribution in [2.75, 3.05) is 47.4 Å². The Kier molecular flexibility index (Phi) is 9.31. The topological polar surface area (TPSA) is 90.4 Å². The fraction of sp³-hybridized carbons (Fsp3) is 0.444. The number of ether oxygens (including phenoxy) is 1. The lowest BCUT2D eigenvalue weighted by atomic mass is 10.0. The molecule has 3 rings (SSSR count). The van der Waals surface area contributed by atoms with Crippen molar-refractivity contribution in [3.63, 3.8) is 0 Å². The van der Waals surface area contributed by atoms with E-state index < -0.39 is 22.2 Å². The van der Waals surface area contributed by atoms with Gasteiger partial charge in [-0.15, -0.1) is 0 Å². The Bertz CT molecular complexity index is 1270. The molecule has 0 spiro atoms.